The number of anilines is 2. The largest absolute Gasteiger partial charge is 0.351 e. The molecule has 0 aromatic carbocycles. The molecule has 2 amide bonds. The van der Waals surface area contributed by atoms with Crippen LogP contribution in [0.15, 0.2) is 11.8 Å². The molecule has 2 aromatic rings. The number of nitrogens with one attached hydrogen (secondary N) is 4. The van der Waals surface area contributed by atoms with E-state index in [0.29, 0.717) is 34.7 Å². The van der Waals surface area contributed by atoms with E-state index in [0.717, 1.165) is 38.5 Å². The normalized spacial score (nSPS) is 24.9. The Kier molecular flexibility index (Phi) is 5.52. The third-order valence-corrected chi connectivity index (χ3v) is 6.73. The topological polar surface area (TPSA) is 159 Å². The Bertz CT molecular complexity index is 1240. The van der Waals surface area contributed by atoms with Crippen molar-refractivity contribution in [1.82, 2.24) is 29.6 Å². The van der Waals surface area contributed by atoms with Crippen molar-refractivity contribution in [2.24, 2.45) is 0 Å². The van der Waals surface area contributed by atoms with Gasteiger partial charge < -0.3 is 10.6 Å². The molecule has 0 radical (unpaired) electrons. The quantitative estimate of drug-likeness (QED) is 0.329. The van der Waals surface area contributed by atoms with E-state index >= 15 is 0 Å². The van der Waals surface area contributed by atoms with Gasteiger partial charge >= 0.3 is 0 Å². The predicted octanol–water partition coefficient (Wildman–Crippen LogP) is 0.401. The molecule has 1 aliphatic heterocycles. The van der Waals surface area contributed by atoms with Crippen molar-refractivity contribution in [2.45, 2.75) is 63.1 Å². The number of rotatable bonds is 7. The zero-order chi connectivity index (χ0) is 23.2. The van der Waals surface area contributed by atoms with Gasteiger partial charge in [0.2, 0.25) is 27.8 Å². The summed E-state index contributed by atoms with van der Waals surface area (Å²) in [7, 11) is -3.22. The van der Waals surface area contributed by atoms with Crippen LogP contribution in [0.25, 0.3) is 11.7 Å². The zero-order valence-electron chi connectivity index (χ0n) is 18.2. The van der Waals surface area contributed by atoms with Crippen molar-refractivity contribution < 1.29 is 18.0 Å². The van der Waals surface area contributed by atoms with Gasteiger partial charge in [-0.25, -0.2) is 13.1 Å². The first-order chi connectivity index (χ1) is 15.7. The number of fused-ring (bicyclic) bond motifs is 1. The first kappa shape index (κ1) is 21.8. The summed E-state index contributed by atoms with van der Waals surface area (Å²) in [6.07, 6.45) is 9.61. The predicted molar refractivity (Wildman–Crippen MR) is 121 cm³/mol. The van der Waals surface area contributed by atoms with E-state index in [1.807, 2.05) is 0 Å². The van der Waals surface area contributed by atoms with Gasteiger partial charge in [0.1, 0.15) is 0 Å². The van der Waals surface area contributed by atoms with Crippen LogP contribution in [0.3, 0.4) is 0 Å². The molecule has 0 unspecified atom stereocenters. The fraction of sp³-hybridized carbons (Fsp3) is 0.550. The lowest BCUT2D eigenvalue weighted by atomic mass is 9.92. The van der Waals surface area contributed by atoms with Gasteiger partial charge in [-0.15, -0.1) is 0 Å². The van der Waals surface area contributed by atoms with Gasteiger partial charge in [0.15, 0.2) is 5.65 Å². The van der Waals surface area contributed by atoms with E-state index in [9.17, 15) is 18.0 Å². The van der Waals surface area contributed by atoms with Crippen LogP contribution in [0.5, 0.6) is 0 Å². The molecule has 0 spiro atoms. The van der Waals surface area contributed by atoms with Crippen molar-refractivity contribution in [2.75, 3.05) is 16.9 Å². The molecule has 2 aliphatic carbocycles. The van der Waals surface area contributed by atoms with Gasteiger partial charge in [0.05, 0.1) is 18.9 Å². The molecule has 13 heteroatoms. The molecular formula is C20H26N8O4S. The Morgan fingerprint density at radius 3 is 2.33 bits per heavy atom. The molecule has 3 heterocycles. The highest BCUT2D eigenvalue weighted by molar-refractivity contribution is 7.88. The highest BCUT2D eigenvalue weighted by Crippen LogP contribution is 2.27. The molecule has 0 bridgehead atoms. The second-order valence-electron chi connectivity index (χ2n) is 8.93. The molecular weight excluding hydrogens is 448 g/mol. The van der Waals surface area contributed by atoms with Gasteiger partial charge in [-0.3, -0.25) is 14.9 Å². The molecule has 5 rings (SSSR count). The number of nitrogens with zero attached hydrogens (tertiary/aromatic N) is 4. The molecule has 2 saturated carbocycles. The first-order valence-corrected chi connectivity index (χ1v) is 12.9. The zero-order valence-corrected chi connectivity index (χ0v) is 19.0. The fourth-order valence-corrected chi connectivity index (χ4v) is 5.06. The van der Waals surface area contributed by atoms with Gasteiger partial charge in [0.25, 0.3) is 5.91 Å². The molecule has 12 nitrogen and oxygen atoms in total. The second kappa shape index (κ2) is 8.37. The van der Waals surface area contributed by atoms with Gasteiger partial charge in [-0.2, -0.15) is 19.6 Å². The van der Waals surface area contributed by atoms with Crippen molar-refractivity contribution in [3.05, 3.63) is 17.3 Å². The van der Waals surface area contributed by atoms with Crippen LogP contribution >= 0.6 is 0 Å². The van der Waals surface area contributed by atoms with E-state index in [1.165, 1.54) is 6.26 Å². The number of carbonyl (C=O) groups excluding carboxylic acids is 2. The third-order valence-electron chi connectivity index (χ3n) is 5.97. The van der Waals surface area contributed by atoms with E-state index < -0.39 is 15.9 Å². The maximum absolute atomic E-state index is 12.0. The maximum Gasteiger partial charge on any atom is 0.254 e. The number of hydrogen-bond acceptors (Lipinski definition) is 9. The Labute approximate surface area is 190 Å². The summed E-state index contributed by atoms with van der Waals surface area (Å²) in [6, 6.07) is 0.404. The van der Waals surface area contributed by atoms with E-state index in [2.05, 4.69) is 35.7 Å². The van der Waals surface area contributed by atoms with Gasteiger partial charge in [-0.05, 0) is 44.6 Å². The van der Waals surface area contributed by atoms with Crippen molar-refractivity contribution in [3.63, 3.8) is 0 Å². The molecule has 4 N–H and O–H groups in total. The van der Waals surface area contributed by atoms with Crippen LogP contribution in [0.1, 0.15) is 50.5 Å². The number of aromatic nitrogens is 4. The van der Waals surface area contributed by atoms with Crippen LogP contribution in [-0.2, 0) is 19.6 Å². The van der Waals surface area contributed by atoms with Crippen molar-refractivity contribution in [1.29, 1.82) is 0 Å². The Balaban J connectivity index is 1.39. The minimum atomic E-state index is -3.22. The van der Waals surface area contributed by atoms with Gasteiger partial charge in [0, 0.05) is 29.3 Å². The lowest BCUT2D eigenvalue weighted by Crippen LogP contribution is -2.39. The Morgan fingerprint density at radius 2 is 1.70 bits per heavy atom. The highest BCUT2D eigenvalue weighted by Gasteiger charge is 2.27. The molecule has 176 valence electrons. The van der Waals surface area contributed by atoms with Crippen molar-refractivity contribution in [3.8, 4) is 0 Å². The maximum atomic E-state index is 12.0. The third kappa shape index (κ3) is 5.14. The highest BCUT2D eigenvalue weighted by atomic mass is 32.2. The molecule has 0 atom stereocenters. The van der Waals surface area contributed by atoms with Gasteiger partial charge in [-0.1, -0.05) is 0 Å². The van der Waals surface area contributed by atoms with Crippen LogP contribution < -0.4 is 20.7 Å². The smallest absolute Gasteiger partial charge is 0.254 e. The summed E-state index contributed by atoms with van der Waals surface area (Å²) in [5.41, 5.74) is 1.53. The number of sulfonamides is 1. The Morgan fingerprint density at radius 1 is 1.03 bits per heavy atom. The number of amides is 2. The van der Waals surface area contributed by atoms with E-state index in [1.54, 1.807) is 16.8 Å². The molecule has 33 heavy (non-hydrogen) atoms. The van der Waals surface area contributed by atoms with Crippen molar-refractivity contribution >= 4 is 45.5 Å². The lowest BCUT2D eigenvalue weighted by Gasteiger charge is -2.29. The van der Waals surface area contributed by atoms with E-state index in [4.69, 9.17) is 0 Å². The van der Waals surface area contributed by atoms with Crippen LogP contribution in [0.2, 0.25) is 0 Å². The van der Waals surface area contributed by atoms with Crippen LogP contribution in [-0.4, -0.2) is 64.2 Å². The minimum absolute atomic E-state index is 0.0320. The average Bonchev–Trinajstić information content (AvgIpc) is 3.37. The fourth-order valence-electron chi connectivity index (χ4n) is 4.21. The summed E-state index contributed by atoms with van der Waals surface area (Å²) >= 11 is 0. The SMILES string of the molecule is CS(=O)(=O)NC1CCC(Nc2nc(NC3CC3)n3ncc(/C=C4\CC(=O)NC4=O)c3n2)CC1. The lowest BCUT2D eigenvalue weighted by molar-refractivity contribution is -0.124. The molecule has 3 fully saturated rings. The van der Waals surface area contributed by atoms with E-state index in [-0.39, 0.29) is 24.4 Å². The number of hydrogen-bond donors (Lipinski definition) is 4. The molecule has 3 aliphatic rings. The monoisotopic (exact) mass is 474 g/mol. The summed E-state index contributed by atoms with van der Waals surface area (Å²) < 4.78 is 27.3. The second-order valence-corrected chi connectivity index (χ2v) is 10.7. The first-order valence-electron chi connectivity index (χ1n) is 11.0. The summed E-state index contributed by atoms with van der Waals surface area (Å²) in [5.74, 6) is 0.283. The van der Waals surface area contributed by atoms with Crippen LogP contribution in [0.4, 0.5) is 11.9 Å². The number of carbonyl (C=O) groups is 2. The summed E-state index contributed by atoms with van der Waals surface area (Å²) in [4.78, 5) is 32.8. The summed E-state index contributed by atoms with van der Waals surface area (Å²) in [6.45, 7) is 0. The molecule has 2 aromatic heterocycles. The molecule has 1 saturated heterocycles. The number of imide groups is 1. The average molecular weight is 475 g/mol. The van der Waals surface area contributed by atoms with Crippen LogP contribution in [0, 0.1) is 0 Å². The Hall–Kier alpha value is -3.06. The standard InChI is InChI=1S/C20H26N8O4S/c1-33(31,32)27-15-6-4-13(5-7-15)22-19-25-17-12(8-11-9-16(29)24-18(11)30)10-21-28(17)20(26-19)23-14-2-3-14/h8,10,13-15,27H,2-7,9H2,1H3,(H,24,29,30)(H2,22,23,25,26)/b11-8+. The minimum Gasteiger partial charge on any atom is -0.351 e. The summed E-state index contributed by atoms with van der Waals surface area (Å²) in [5, 5.41) is 13.4.